The zero-order chi connectivity index (χ0) is 14.3. The molecular weight excluding hydrogens is 358 g/mol. The molecule has 6 heteroatoms. The normalized spacial score (nSPS) is 14.6. The third kappa shape index (κ3) is 2.38. The Labute approximate surface area is 134 Å². The molecule has 20 heavy (non-hydrogen) atoms. The molecule has 0 amide bonds. The van der Waals surface area contributed by atoms with Crippen LogP contribution < -0.4 is 0 Å². The molecule has 3 heterocycles. The highest BCUT2D eigenvalue weighted by Crippen LogP contribution is 2.32. The van der Waals surface area contributed by atoms with Gasteiger partial charge in [0.25, 0.3) is 0 Å². The topological polar surface area (TPSA) is 30.7 Å². The van der Waals surface area contributed by atoms with Crippen LogP contribution >= 0.6 is 38.9 Å². The fourth-order valence-corrected chi connectivity index (χ4v) is 3.54. The molecule has 0 N–H and O–H groups in total. The van der Waals surface area contributed by atoms with Crippen molar-refractivity contribution in [3.63, 3.8) is 0 Å². The van der Waals surface area contributed by atoms with Gasteiger partial charge >= 0.3 is 0 Å². The fourth-order valence-electron chi connectivity index (χ4n) is 2.29. The molecule has 0 aliphatic rings. The Morgan fingerprint density at radius 1 is 1.40 bits per heavy atom. The summed E-state index contributed by atoms with van der Waals surface area (Å²) >= 11 is 11.5. The van der Waals surface area contributed by atoms with E-state index in [1.54, 1.807) is 17.5 Å². The van der Waals surface area contributed by atoms with Crippen LogP contribution in [-0.2, 0) is 0 Å². The summed E-state index contributed by atoms with van der Waals surface area (Å²) < 4.78 is 3.05. The molecular formula is C14H13BrClN3S. The highest BCUT2D eigenvalue weighted by molar-refractivity contribution is 9.10. The highest BCUT2D eigenvalue weighted by Gasteiger charge is 2.21. The van der Waals surface area contributed by atoms with Gasteiger partial charge in [0.2, 0.25) is 0 Å². The van der Waals surface area contributed by atoms with Gasteiger partial charge in [-0.15, -0.1) is 22.9 Å². The van der Waals surface area contributed by atoms with Crippen LogP contribution in [-0.4, -0.2) is 14.5 Å². The van der Waals surface area contributed by atoms with Gasteiger partial charge in [0.15, 0.2) is 5.65 Å². The van der Waals surface area contributed by atoms with Crippen LogP contribution in [0.4, 0.5) is 0 Å². The van der Waals surface area contributed by atoms with Crippen LogP contribution in [0.15, 0.2) is 34.2 Å². The average Bonchev–Trinajstić information content (AvgIpc) is 3.04. The number of aromatic nitrogens is 3. The average molecular weight is 371 g/mol. The maximum atomic E-state index is 6.31. The van der Waals surface area contributed by atoms with Gasteiger partial charge < -0.3 is 4.57 Å². The van der Waals surface area contributed by atoms with E-state index < -0.39 is 0 Å². The van der Waals surface area contributed by atoms with E-state index in [2.05, 4.69) is 54.9 Å². The number of thiophene rings is 1. The molecule has 0 aliphatic carbocycles. The smallest absolute Gasteiger partial charge is 0.160 e. The van der Waals surface area contributed by atoms with Crippen molar-refractivity contribution in [2.45, 2.75) is 25.3 Å². The summed E-state index contributed by atoms with van der Waals surface area (Å²) in [5, 5.41) is 1.92. The van der Waals surface area contributed by atoms with Crippen LogP contribution in [0.2, 0.25) is 0 Å². The van der Waals surface area contributed by atoms with Crippen molar-refractivity contribution in [2.75, 3.05) is 0 Å². The molecule has 0 aromatic carbocycles. The minimum absolute atomic E-state index is 0.162. The molecule has 0 radical (unpaired) electrons. The van der Waals surface area contributed by atoms with Gasteiger partial charge in [0, 0.05) is 15.5 Å². The van der Waals surface area contributed by atoms with Crippen LogP contribution in [0.1, 0.15) is 36.0 Å². The van der Waals surface area contributed by atoms with E-state index in [-0.39, 0.29) is 11.4 Å². The largest absolute Gasteiger partial charge is 0.303 e. The van der Waals surface area contributed by atoms with Crippen LogP contribution in [0.25, 0.3) is 11.2 Å². The van der Waals surface area contributed by atoms with Crippen molar-refractivity contribution in [1.82, 2.24) is 14.5 Å². The van der Waals surface area contributed by atoms with Gasteiger partial charge in [-0.05, 0) is 47.3 Å². The molecule has 2 atom stereocenters. The number of imidazole rings is 1. The van der Waals surface area contributed by atoms with Gasteiger partial charge in [-0.1, -0.05) is 6.07 Å². The van der Waals surface area contributed by atoms with Crippen molar-refractivity contribution in [3.05, 3.63) is 45.0 Å². The predicted octanol–water partition coefficient (Wildman–Crippen LogP) is 5.16. The number of hydrogen-bond donors (Lipinski definition) is 0. The molecule has 104 valence electrons. The zero-order valence-electron chi connectivity index (χ0n) is 11.0. The van der Waals surface area contributed by atoms with Crippen molar-refractivity contribution in [1.29, 1.82) is 0 Å². The van der Waals surface area contributed by atoms with Crippen molar-refractivity contribution in [2.24, 2.45) is 0 Å². The Kier molecular flexibility index (Phi) is 3.84. The minimum Gasteiger partial charge on any atom is -0.303 e. The number of nitrogens with zero attached hydrogens (tertiary/aromatic N) is 3. The number of halogens is 2. The zero-order valence-corrected chi connectivity index (χ0v) is 14.2. The molecule has 3 nitrogen and oxygen atoms in total. The first-order valence-corrected chi connectivity index (χ1v) is 8.39. The van der Waals surface area contributed by atoms with Crippen molar-refractivity contribution < 1.29 is 0 Å². The third-order valence-electron chi connectivity index (χ3n) is 3.22. The summed E-state index contributed by atoms with van der Waals surface area (Å²) in [6, 6.07) is 6.33. The van der Waals surface area contributed by atoms with E-state index in [1.807, 2.05) is 13.0 Å². The molecule has 3 rings (SSSR count). The van der Waals surface area contributed by atoms with E-state index in [0.29, 0.717) is 0 Å². The molecule has 0 spiro atoms. The lowest BCUT2D eigenvalue weighted by molar-refractivity contribution is 0.623. The molecule has 3 aromatic rings. The Morgan fingerprint density at radius 2 is 2.20 bits per heavy atom. The molecule has 3 aromatic heterocycles. The van der Waals surface area contributed by atoms with Crippen LogP contribution in [0, 0.1) is 0 Å². The molecule has 0 bridgehead atoms. The van der Waals surface area contributed by atoms with Gasteiger partial charge in [0.05, 0.1) is 11.4 Å². The number of rotatable bonds is 3. The summed E-state index contributed by atoms with van der Waals surface area (Å²) in [7, 11) is 0. The quantitative estimate of drug-likeness (QED) is 0.596. The summed E-state index contributed by atoms with van der Waals surface area (Å²) in [4.78, 5) is 10.4. The van der Waals surface area contributed by atoms with Crippen LogP contribution in [0.3, 0.4) is 0 Å². The molecule has 2 unspecified atom stereocenters. The fraction of sp³-hybridized carbons (Fsp3) is 0.286. The maximum Gasteiger partial charge on any atom is 0.160 e. The molecule has 0 saturated heterocycles. The number of fused-ring (bicyclic) bond motifs is 1. The minimum atomic E-state index is -0.162. The Morgan fingerprint density at radius 3 is 2.85 bits per heavy atom. The molecule has 0 aliphatic heterocycles. The van der Waals surface area contributed by atoms with Gasteiger partial charge in [-0.25, -0.2) is 9.97 Å². The first-order valence-electron chi connectivity index (χ1n) is 6.28. The Hall–Kier alpha value is -0.910. The standard InChI is InChI=1S/C14H13BrClN3S/c1-8(16)13-18-11-6-10(15)7-17-14(11)19(13)9(2)12-4-3-5-20-12/h3-9H,1-2H3. The Bertz CT molecular complexity index is 736. The SMILES string of the molecule is CC(Cl)c1nc2cc(Br)cnc2n1C(C)c1cccs1. The van der Waals surface area contributed by atoms with Gasteiger partial charge in [-0.3, -0.25) is 0 Å². The summed E-state index contributed by atoms with van der Waals surface area (Å²) in [5.41, 5.74) is 1.74. The second-order valence-electron chi connectivity index (χ2n) is 4.64. The number of pyridine rings is 1. The Balaban J connectivity index is 2.24. The van der Waals surface area contributed by atoms with Gasteiger partial charge in [0.1, 0.15) is 11.3 Å². The lowest BCUT2D eigenvalue weighted by Crippen LogP contribution is -2.10. The third-order valence-corrected chi connectivity index (χ3v) is 4.89. The van der Waals surface area contributed by atoms with Crippen molar-refractivity contribution >= 4 is 50.0 Å². The monoisotopic (exact) mass is 369 g/mol. The van der Waals surface area contributed by atoms with E-state index in [0.717, 1.165) is 21.5 Å². The van der Waals surface area contributed by atoms with Gasteiger partial charge in [-0.2, -0.15) is 0 Å². The summed E-state index contributed by atoms with van der Waals surface area (Å²) in [6.07, 6.45) is 1.80. The predicted molar refractivity (Wildman–Crippen MR) is 87.6 cm³/mol. The maximum absolute atomic E-state index is 6.31. The summed E-state index contributed by atoms with van der Waals surface area (Å²) in [6.45, 7) is 4.09. The van der Waals surface area contributed by atoms with E-state index >= 15 is 0 Å². The lowest BCUT2D eigenvalue weighted by Gasteiger charge is -2.16. The number of hydrogen-bond acceptors (Lipinski definition) is 3. The first-order chi connectivity index (χ1) is 9.58. The molecule has 0 saturated carbocycles. The highest BCUT2D eigenvalue weighted by atomic mass is 79.9. The second-order valence-corrected chi connectivity index (χ2v) is 7.19. The summed E-state index contributed by atoms with van der Waals surface area (Å²) in [5.74, 6) is 0.855. The van der Waals surface area contributed by atoms with E-state index in [4.69, 9.17) is 11.6 Å². The first kappa shape index (κ1) is 14.0. The number of alkyl halides is 1. The second kappa shape index (κ2) is 5.47. The molecule has 0 fully saturated rings. The van der Waals surface area contributed by atoms with E-state index in [9.17, 15) is 0 Å². The lowest BCUT2D eigenvalue weighted by atomic mass is 10.2. The van der Waals surface area contributed by atoms with Crippen molar-refractivity contribution in [3.8, 4) is 0 Å². The van der Waals surface area contributed by atoms with Crippen LogP contribution in [0.5, 0.6) is 0 Å². The van der Waals surface area contributed by atoms with E-state index in [1.165, 1.54) is 4.88 Å².